The van der Waals surface area contributed by atoms with Gasteiger partial charge in [-0.3, -0.25) is 4.79 Å². The van der Waals surface area contributed by atoms with Crippen LogP contribution < -0.4 is 0 Å². The second kappa shape index (κ2) is 6.96. The smallest absolute Gasteiger partial charge is 0.257 e. The summed E-state index contributed by atoms with van der Waals surface area (Å²) in [4.78, 5) is 16.9. The van der Waals surface area contributed by atoms with Crippen molar-refractivity contribution in [2.45, 2.75) is 25.4 Å². The molecule has 3 rings (SSSR count). The van der Waals surface area contributed by atoms with Crippen molar-refractivity contribution in [1.82, 2.24) is 9.80 Å². The van der Waals surface area contributed by atoms with E-state index in [4.69, 9.17) is 4.42 Å². The summed E-state index contributed by atoms with van der Waals surface area (Å²) in [6.45, 7) is 2.17. The Hall–Kier alpha value is -2.14. The van der Waals surface area contributed by atoms with Crippen LogP contribution in [-0.4, -0.2) is 41.9 Å². The summed E-state index contributed by atoms with van der Waals surface area (Å²) in [6.07, 6.45) is 4.73. The molecule has 2 heterocycles. The molecule has 2 aromatic rings. The SMILES string of the molecule is CN1CCC(N(Cc2ccccc2F)C(=O)c2ccoc2)CC1. The van der Waals surface area contributed by atoms with Crippen LogP contribution in [0.3, 0.4) is 0 Å². The summed E-state index contributed by atoms with van der Waals surface area (Å²) in [6, 6.07) is 8.41. The van der Waals surface area contributed by atoms with E-state index < -0.39 is 0 Å². The maximum atomic E-state index is 14.0. The van der Waals surface area contributed by atoms with Crippen molar-refractivity contribution in [2.24, 2.45) is 0 Å². The van der Waals surface area contributed by atoms with E-state index in [0.29, 0.717) is 11.1 Å². The molecular formula is C18H21FN2O2. The molecule has 0 saturated carbocycles. The molecule has 0 unspecified atom stereocenters. The highest BCUT2D eigenvalue weighted by molar-refractivity contribution is 5.94. The molecule has 1 aliphatic heterocycles. The molecule has 1 aromatic carbocycles. The zero-order valence-corrected chi connectivity index (χ0v) is 13.2. The number of furan rings is 1. The van der Waals surface area contributed by atoms with Gasteiger partial charge < -0.3 is 14.2 Å². The maximum Gasteiger partial charge on any atom is 0.257 e. The molecule has 5 heteroatoms. The predicted octanol–water partition coefficient (Wildman–Crippen LogP) is 3.16. The summed E-state index contributed by atoms with van der Waals surface area (Å²) in [5, 5.41) is 0. The molecule has 0 aliphatic carbocycles. The molecule has 0 radical (unpaired) electrons. The molecule has 23 heavy (non-hydrogen) atoms. The molecule has 1 amide bonds. The minimum atomic E-state index is -0.273. The quantitative estimate of drug-likeness (QED) is 0.869. The highest BCUT2D eigenvalue weighted by Gasteiger charge is 2.28. The number of piperidine rings is 1. The van der Waals surface area contributed by atoms with E-state index in [1.165, 1.54) is 18.6 Å². The van der Waals surface area contributed by atoms with Crippen LogP contribution in [0.25, 0.3) is 0 Å². The Morgan fingerprint density at radius 3 is 2.70 bits per heavy atom. The second-order valence-corrected chi connectivity index (χ2v) is 6.07. The van der Waals surface area contributed by atoms with E-state index in [1.54, 1.807) is 29.2 Å². The number of amides is 1. The van der Waals surface area contributed by atoms with Gasteiger partial charge in [0.2, 0.25) is 0 Å². The van der Waals surface area contributed by atoms with Gasteiger partial charge in [-0.05, 0) is 45.1 Å². The van der Waals surface area contributed by atoms with Gasteiger partial charge in [-0.2, -0.15) is 0 Å². The van der Waals surface area contributed by atoms with E-state index >= 15 is 0 Å². The lowest BCUT2D eigenvalue weighted by atomic mass is 10.0. The van der Waals surface area contributed by atoms with Crippen LogP contribution in [0.1, 0.15) is 28.8 Å². The minimum absolute atomic E-state index is 0.100. The van der Waals surface area contributed by atoms with Gasteiger partial charge in [-0.25, -0.2) is 4.39 Å². The molecule has 1 aromatic heterocycles. The third-order valence-corrected chi connectivity index (χ3v) is 4.46. The number of rotatable bonds is 4. The van der Waals surface area contributed by atoms with Gasteiger partial charge in [0, 0.05) is 18.2 Å². The monoisotopic (exact) mass is 316 g/mol. The third kappa shape index (κ3) is 3.62. The number of benzene rings is 1. The van der Waals surface area contributed by atoms with Crippen molar-refractivity contribution in [3.05, 3.63) is 59.8 Å². The number of hydrogen-bond acceptors (Lipinski definition) is 3. The molecule has 0 spiro atoms. The molecule has 1 aliphatic rings. The number of halogens is 1. The van der Waals surface area contributed by atoms with Gasteiger partial charge in [0.1, 0.15) is 12.1 Å². The first-order valence-corrected chi connectivity index (χ1v) is 7.90. The highest BCUT2D eigenvalue weighted by atomic mass is 19.1. The van der Waals surface area contributed by atoms with Crippen molar-refractivity contribution in [3.8, 4) is 0 Å². The first kappa shape index (κ1) is 15.7. The Labute approximate surface area is 135 Å². The van der Waals surface area contributed by atoms with Crippen molar-refractivity contribution < 1.29 is 13.6 Å². The van der Waals surface area contributed by atoms with Gasteiger partial charge in [-0.15, -0.1) is 0 Å². The average Bonchev–Trinajstić information content (AvgIpc) is 3.09. The lowest BCUT2D eigenvalue weighted by Gasteiger charge is -2.37. The van der Waals surface area contributed by atoms with Gasteiger partial charge in [0.25, 0.3) is 5.91 Å². The van der Waals surface area contributed by atoms with Crippen LogP contribution >= 0.6 is 0 Å². The van der Waals surface area contributed by atoms with E-state index in [-0.39, 0.29) is 24.3 Å². The van der Waals surface area contributed by atoms with E-state index in [9.17, 15) is 9.18 Å². The van der Waals surface area contributed by atoms with Crippen LogP contribution in [0, 0.1) is 5.82 Å². The standard InChI is InChI=1S/C18H21FN2O2/c1-20-9-6-16(7-10-20)21(18(22)15-8-11-23-13-15)12-14-4-2-3-5-17(14)19/h2-5,8,11,13,16H,6-7,9-10,12H2,1H3. The topological polar surface area (TPSA) is 36.7 Å². The zero-order chi connectivity index (χ0) is 16.2. The lowest BCUT2D eigenvalue weighted by molar-refractivity contribution is 0.0566. The van der Waals surface area contributed by atoms with E-state index in [0.717, 1.165) is 25.9 Å². The molecule has 0 N–H and O–H groups in total. The molecular weight excluding hydrogens is 295 g/mol. The van der Waals surface area contributed by atoms with Gasteiger partial charge in [0.15, 0.2) is 0 Å². The fraction of sp³-hybridized carbons (Fsp3) is 0.389. The summed E-state index contributed by atoms with van der Waals surface area (Å²) in [5.41, 5.74) is 1.06. The molecule has 122 valence electrons. The first-order valence-electron chi connectivity index (χ1n) is 7.90. The van der Waals surface area contributed by atoms with Crippen molar-refractivity contribution in [3.63, 3.8) is 0 Å². The summed E-state index contributed by atoms with van der Waals surface area (Å²) in [7, 11) is 2.08. The summed E-state index contributed by atoms with van der Waals surface area (Å²) >= 11 is 0. The Balaban J connectivity index is 1.84. The Bertz CT molecular complexity index is 649. The molecule has 1 saturated heterocycles. The van der Waals surface area contributed by atoms with Crippen LogP contribution in [0.4, 0.5) is 4.39 Å². The third-order valence-electron chi connectivity index (χ3n) is 4.46. The van der Waals surface area contributed by atoms with Crippen molar-refractivity contribution in [1.29, 1.82) is 0 Å². The highest BCUT2D eigenvalue weighted by Crippen LogP contribution is 2.22. The van der Waals surface area contributed by atoms with Gasteiger partial charge in [0.05, 0.1) is 11.8 Å². The summed E-state index contributed by atoms with van der Waals surface area (Å²) < 4.78 is 19.1. The second-order valence-electron chi connectivity index (χ2n) is 6.07. The Kier molecular flexibility index (Phi) is 4.76. The van der Waals surface area contributed by atoms with Crippen molar-refractivity contribution >= 4 is 5.91 Å². The van der Waals surface area contributed by atoms with Crippen LogP contribution in [0.15, 0.2) is 47.3 Å². The lowest BCUT2D eigenvalue weighted by Crippen LogP contribution is -2.46. The Morgan fingerprint density at radius 2 is 2.04 bits per heavy atom. The molecule has 1 fully saturated rings. The first-order chi connectivity index (χ1) is 11.1. The van der Waals surface area contributed by atoms with Gasteiger partial charge >= 0.3 is 0 Å². The largest absolute Gasteiger partial charge is 0.472 e. The molecule has 0 bridgehead atoms. The number of hydrogen-bond donors (Lipinski definition) is 0. The predicted molar refractivity (Wildman–Crippen MR) is 85.5 cm³/mol. The van der Waals surface area contributed by atoms with Crippen LogP contribution in [-0.2, 0) is 6.54 Å². The minimum Gasteiger partial charge on any atom is -0.472 e. The van der Waals surface area contributed by atoms with Crippen LogP contribution in [0.2, 0.25) is 0 Å². The molecule has 0 atom stereocenters. The summed E-state index contributed by atoms with van der Waals surface area (Å²) in [5.74, 6) is -0.373. The van der Waals surface area contributed by atoms with Gasteiger partial charge in [-0.1, -0.05) is 18.2 Å². The number of likely N-dealkylation sites (tertiary alicyclic amines) is 1. The van der Waals surface area contributed by atoms with E-state index in [1.807, 2.05) is 0 Å². The number of carbonyl (C=O) groups is 1. The van der Waals surface area contributed by atoms with Crippen LogP contribution in [0.5, 0.6) is 0 Å². The maximum absolute atomic E-state index is 14.0. The molecule has 4 nitrogen and oxygen atoms in total. The fourth-order valence-electron chi connectivity index (χ4n) is 3.04. The van der Waals surface area contributed by atoms with E-state index in [2.05, 4.69) is 11.9 Å². The fourth-order valence-corrected chi connectivity index (χ4v) is 3.04. The average molecular weight is 316 g/mol. The Morgan fingerprint density at radius 1 is 1.30 bits per heavy atom. The zero-order valence-electron chi connectivity index (χ0n) is 13.2. The number of nitrogens with zero attached hydrogens (tertiary/aromatic N) is 2. The van der Waals surface area contributed by atoms with Crippen molar-refractivity contribution in [2.75, 3.05) is 20.1 Å². The normalized spacial score (nSPS) is 16.4. The number of carbonyl (C=O) groups excluding carboxylic acids is 1.